The lowest BCUT2D eigenvalue weighted by atomic mass is 10.0. The molecule has 106 valence electrons. The fraction of sp³-hybridized carbons (Fsp3) is 0.294. The minimum atomic E-state index is 0.230. The molecule has 0 radical (unpaired) electrons. The van der Waals surface area contributed by atoms with Crippen molar-refractivity contribution in [1.29, 1.82) is 0 Å². The molecule has 0 aromatic heterocycles. The monoisotopic (exact) mass is 332 g/mol. The molecule has 20 heavy (non-hydrogen) atoms. The predicted molar refractivity (Wildman–Crippen MR) is 88.6 cm³/mol. The van der Waals surface area contributed by atoms with Gasteiger partial charge in [-0.1, -0.05) is 57.9 Å². The molecule has 2 N–H and O–H groups in total. The smallest absolute Gasteiger partial charge is 0.0471 e. The fourth-order valence-corrected chi connectivity index (χ4v) is 2.79. The summed E-state index contributed by atoms with van der Waals surface area (Å²) in [5, 5.41) is 0. The number of halogens is 1. The van der Waals surface area contributed by atoms with Crippen LogP contribution in [-0.2, 0) is 6.54 Å². The second-order valence-electron chi connectivity index (χ2n) is 5.21. The minimum Gasteiger partial charge on any atom is -0.329 e. The number of likely N-dealkylation sites (N-methyl/N-ethyl adjacent to an activating group) is 1. The van der Waals surface area contributed by atoms with Crippen LogP contribution in [-0.4, -0.2) is 18.5 Å². The lowest BCUT2D eigenvalue weighted by molar-refractivity contribution is 0.242. The van der Waals surface area contributed by atoms with Crippen molar-refractivity contribution in [3.8, 4) is 0 Å². The van der Waals surface area contributed by atoms with E-state index in [1.54, 1.807) is 0 Å². The topological polar surface area (TPSA) is 29.3 Å². The van der Waals surface area contributed by atoms with Gasteiger partial charge in [0.25, 0.3) is 0 Å². The van der Waals surface area contributed by atoms with Crippen molar-refractivity contribution in [2.45, 2.75) is 19.5 Å². The summed E-state index contributed by atoms with van der Waals surface area (Å²) in [6.45, 7) is 3.62. The van der Waals surface area contributed by atoms with Crippen molar-refractivity contribution in [2.24, 2.45) is 5.73 Å². The molecule has 0 saturated carbocycles. The Hall–Kier alpha value is -1.16. The van der Waals surface area contributed by atoms with Crippen molar-refractivity contribution in [3.05, 3.63) is 69.7 Å². The van der Waals surface area contributed by atoms with Crippen molar-refractivity contribution in [3.63, 3.8) is 0 Å². The Morgan fingerprint density at radius 2 is 1.85 bits per heavy atom. The Morgan fingerprint density at radius 3 is 2.45 bits per heavy atom. The molecular weight excluding hydrogens is 312 g/mol. The van der Waals surface area contributed by atoms with Crippen molar-refractivity contribution >= 4 is 15.9 Å². The molecule has 0 bridgehead atoms. The highest BCUT2D eigenvalue weighted by atomic mass is 79.9. The molecule has 0 aliphatic carbocycles. The van der Waals surface area contributed by atoms with E-state index in [2.05, 4.69) is 77.3 Å². The molecule has 2 nitrogen and oxygen atoms in total. The van der Waals surface area contributed by atoms with E-state index >= 15 is 0 Å². The molecule has 1 unspecified atom stereocenters. The highest BCUT2D eigenvalue weighted by molar-refractivity contribution is 9.10. The number of nitrogens with two attached hydrogens (primary N) is 1. The zero-order valence-electron chi connectivity index (χ0n) is 12.0. The first-order valence-corrected chi connectivity index (χ1v) is 7.61. The molecule has 0 fully saturated rings. The third-order valence-electron chi connectivity index (χ3n) is 3.54. The van der Waals surface area contributed by atoms with Gasteiger partial charge in [-0.05, 0) is 37.2 Å². The second-order valence-corrected chi connectivity index (χ2v) is 6.12. The summed E-state index contributed by atoms with van der Waals surface area (Å²) in [6, 6.07) is 17.3. The van der Waals surface area contributed by atoms with Crippen molar-refractivity contribution < 1.29 is 0 Å². The Kier molecular flexibility index (Phi) is 5.35. The molecule has 0 heterocycles. The summed E-state index contributed by atoms with van der Waals surface area (Å²) in [6.07, 6.45) is 0. The Morgan fingerprint density at radius 1 is 1.15 bits per heavy atom. The van der Waals surface area contributed by atoms with Crippen LogP contribution in [0.1, 0.15) is 22.7 Å². The standard InChI is InChI=1S/C17H21BrN2/c1-13-6-8-14(9-7-13)12-20(2)17(11-19)15-4-3-5-16(18)10-15/h3-10,17H,11-12,19H2,1-2H3. The number of aryl methyl sites for hydroxylation is 1. The second kappa shape index (κ2) is 7.02. The Labute approximate surface area is 129 Å². The van der Waals surface area contributed by atoms with Crippen LogP contribution in [0, 0.1) is 6.92 Å². The van der Waals surface area contributed by atoms with E-state index in [1.165, 1.54) is 16.7 Å². The van der Waals surface area contributed by atoms with Gasteiger partial charge in [0.05, 0.1) is 0 Å². The molecule has 2 aromatic rings. The first-order valence-electron chi connectivity index (χ1n) is 6.81. The molecule has 0 saturated heterocycles. The maximum atomic E-state index is 5.98. The van der Waals surface area contributed by atoms with Gasteiger partial charge >= 0.3 is 0 Å². The average Bonchev–Trinajstić information content (AvgIpc) is 2.42. The van der Waals surface area contributed by atoms with Gasteiger partial charge in [-0.3, -0.25) is 4.90 Å². The normalized spacial score (nSPS) is 12.7. The summed E-state index contributed by atoms with van der Waals surface area (Å²) in [4.78, 5) is 2.30. The first kappa shape index (κ1) is 15.2. The van der Waals surface area contributed by atoms with Crippen LogP contribution in [0.3, 0.4) is 0 Å². The molecule has 3 heteroatoms. The van der Waals surface area contributed by atoms with Crippen LogP contribution >= 0.6 is 15.9 Å². The number of hydrogen-bond acceptors (Lipinski definition) is 2. The molecule has 0 spiro atoms. The van der Waals surface area contributed by atoms with E-state index in [9.17, 15) is 0 Å². The summed E-state index contributed by atoms with van der Waals surface area (Å²) in [7, 11) is 2.12. The first-order chi connectivity index (χ1) is 9.60. The third-order valence-corrected chi connectivity index (χ3v) is 4.03. The van der Waals surface area contributed by atoms with E-state index in [4.69, 9.17) is 5.73 Å². The summed E-state index contributed by atoms with van der Waals surface area (Å²) < 4.78 is 1.09. The fourth-order valence-electron chi connectivity index (χ4n) is 2.38. The zero-order chi connectivity index (χ0) is 14.5. The van der Waals surface area contributed by atoms with Gasteiger partial charge in [0.15, 0.2) is 0 Å². The van der Waals surface area contributed by atoms with Gasteiger partial charge in [0.1, 0.15) is 0 Å². The van der Waals surface area contributed by atoms with Crippen LogP contribution in [0.2, 0.25) is 0 Å². The maximum Gasteiger partial charge on any atom is 0.0471 e. The van der Waals surface area contributed by atoms with Crippen LogP contribution in [0.5, 0.6) is 0 Å². The lowest BCUT2D eigenvalue weighted by Gasteiger charge is -2.27. The van der Waals surface area contributed by atoms with Gasteiger partial charge < -0.3 is 5.73 Å². The van der Waals surface area contributed by atoms with E-state index in [0.717, 1.165) is 11.0 Å². The summed E-state index contributed by atoms with van der Waals surface area (Å²) in [5.41, 5.74) is 9.83. The van der Waals surface area contributed by atoms with Crippen LogP contribution < -0.4 is 5.73 Å². The number of nitrogens with zero attached hydrogens (tertiary/aromatic N) is 1. The van der Waals surface area contributed by atoms with Gasteiger partial charge in [-0.25, -0.2) is 0 Å². The van der Waals surface area contributed by atoms with E-state index in [0.29, 0.717) is 6.54 Å². The highest BCUT2D eigenvalue weighted by Crippen LogP contribution is 2.23. The van der Waals surface area contributed by atoms with Crippen LogP contribution in [0.25, 0.3) is 0 Å². The number of benzene rings is 2. The third kappa shape index (κ3) is 3.92. The van der Waals surface area contributed by atoms with Gasteiger partial charge in [0, 0.05) is 23.6 Å². The average molecular weight is 333 g/mol. The minimum absolute atomic E-state index is 0.230. The Balaban J connectivity index is 2.13. The Bertz CT molecular complexity index is 551. The molecule has 0 aliphatic heterocycles. The number of hydrogen-bond donors (Lipinski definition) is 1. The molecule has 2 aromatic carbocycles. The SMILES string of the molecule is Cc1ccc(CN(C)C(CN)c2cccc(Br)c2)cc1. The molecule has 2 rings (SSSR count). The van der Waals surface area contributed by atoms with E-state index in [1.807, 2.05) is 6.07 Å². The summed E-state index contributed by atoms with van der Waals surface area (Å²) >= 11 is 3.52. The van der Waals surface area contributed by atoms with Crippen molar-refractivity contribution in [1.82, 2.24) is 4.90 Å². The van der Waals surface area contributed by atoms with Gasteiger partial charge in [-0.15, -0.1) is 0 Å². The van der Waals surface area contributed by atoms with E-state index < -0.39 is 0 Å². The van der Waals surface area contributed by atoms with Gasteiger partial charge in [-0.2, -0.15) is 0 Å². The molecular formula is C17H21BrN2. The predicted octanol–water partition coefficient (Wildman–Crippen LogP) is 3.89. The highest BCUT2D eigenvalue weighted by Gasteiger charge is 2.15. The van der Waals surface area contributed by atoms with Gasteiger partial charge in [0.2, 0.25) is 0 Å². The quantitative estimate of drug-likeness (QED) is 0.899. The largest absolute Gasteiger partial charge is 0.329 e. The maximum absolute atomic E-state index is 5.98. The molecule has 0 aliphatic rings. The zero-order valence-corrected chi connectivity index (χ0v) is 13.6. The van der Waals surface area contributed by atoms with E-state index in [-0.39, 0.29) is 6.04 Å². The summed E-state index contributed by atoms with van der Waals surface area (Å²) in [5.74, 6) is 0. The molecule has 1 atom stereocenters. The lowest BCUT2D eigenvalue weighted by Crippen LogP contribution is -2.30. The van der Waals surface area contributed by atoms with Crippen molar-refractivity contribution in [2.75, 3.05) is 13.6 Å². The van der Waals surface area contributed by atoms with Crippen LogP contribution in [0.15, 0.2) is 53.0 Å². The molecule has 0 amide bonds. The number of rotatable bonds is 5. The van der Waals surface area contributed by atoms with Crippen LogP contribution in [0.4, 0.5) is 0 Å².